The van der Waals surface area contributed by atoms with Crippen LogP contribution in [-0.2, 0) is 4.74 Å². The summed E-state index contributed by atoms with van der Waals surface area (Å²) in [5, 5.41) is 4.03. The summed E-state index contributed by atoms with van der Waals surface area (Å²) in [6.07, 6.45) is -0.128. The Balaban J connectivity index is 2.12. The number of rotatable bonds is 2. The van der Waals surface area contributed by atoms with E-state index in [1.165, 1.54) is 0 Å². The fraction of sp³-hybridized carbons (Fsp3) is 0.286. The number of hydrogen-bond acceptors (Lipinski definition) is 4. The molecule has 3 rings (SSSR count). The molecular weight excluding hydrogens is 242 g/mol. The molecule has 2 heterocycles. The smallest absolute Gasteiger partial charge is 0.249 e. The molecule has 19 heavy (non-hydrogen) atoms. The van der Waals surface area contributed by atoms with Crippen molar-refractivity contribution in [2.24, 2.45) is 5.73 Å². The number of nitrogens with one attached hydrogen (secondary N) is 1. The molecule has 1 aliphatic heterocycles. The maximum absolute atomic E-state index is 11.6. The molecule has 2 aromatic rings. The SMILES string of the molecule is NC(=O)c1cc(C2CNCCO2)nc2ccccc12. The number of para-hydroxylation sites is 1. The number of morpholine rings is 1. The third-order valence-electron chi connectivity index (χ3n) is 3.26. The minimum atomic E-state index is -0.441. The molecule has 1 saturated heterocycles. The zero-order chi connectivity index (χ0) is 13.2. The van der Waals surface area contributed by atoms with E-state index in [2.05, 4.69) is 10.3 Å². The van der Waals surface area contributed by atoms with E-state index in [0.717, 1.165) is 23.1 Å². The molecule has 3 N–H and O–H groups in total. The maximum Gasteiger partial charge on any atom is 0.249 e. The standard InChI is InChI=1S/C14H15N3O2/c15-14(18)10-7-12(13-8-16-5-6-19-13)17-11-4-2-1-3-9(10)11/h1-4,7,13,16H,5-6,8H2,(H2,15,18). The van der Waals surface area contributed by atoms with Crippen LogP contribution in [0.3, 0.4) is 0 Å². The van der Waals surface area contributed by atoms with Gasteiger partial charge in [-0.25, -0.2) is 4.98 Å². The van der Waals surface area contributed by atoms with E-state index in [4.69, 9.17) is 10.5 Å². The zero-order valence-electron chi connectivity index (χ0n) is 10.4. The topological polar surface area (TPSA) is 77.2 Å². The van der Waals surface area contributed by atoms with Crippen LogP contribution in [0, 0.1) is 0 Å². The van der Waals surface area contributed by atoms with Gasteiger partial charge < -0.3 is 15.8 Å². The number of benzene rings is 1. The third-order valence-corrected chi connectivity index (χ3v) is 3.26. The third kappa shape index (κ3) is 2.30. The minimum Gasteiger partial charge on any atom is -0.369 e. The molecule has 1 atom stereocenters. The Labute approximate surface area is 110 Å². The monoisotopic (exact) mass is 257 g/mol. The van der Waals surface area contributed by atoms with Gasteiger partial charge in [-0.1, -0.05) is 18.2 Å². The normalized spacial score (nSPS) is 19.5. The first-order valence-corrected chi connectivity index (χ1v) is 6.27. The van der Waals surface area contributed by atoms with Gasteiger partial charge in [0.25, 0.3) is 0 Å². The molecule has 5 nitrogen and oxygen atoms in total. The molecule has 1 fully saturated rings. The second-order valence-electron chi connectivity index (χ2n) is 4.54. The molecular formula is C14H15N3O2. The average Bonchev–Trinajstić information content (AvgIpc) is 2.47. The highest BCUT2D eigenvalue weighted by molar-refractivity contribution is 6.05. The van der Waals surface area contributed by atoms with Crippen LogP contribution in [0.2, 0.25) is 0 Å². The lowest BCUT2D eigenvalue weighted by Crippen LogP contribution is -2.34. The summed E-state index contributed by atoms with van der Waals surface area (Å²) in [4.78, 5) is 16.2. The van der Waals surface area contributed by atoms with Crippen LogP contribution in [0.1, 0.15) is 22.2 Å². The molecule has 98 valence electrons. The molecule has 1 aromatic carbocycles. The van der Waals surface area contributed by atoms with Crippen LogP contribution in [-0.4, -0.2) is 30.6 Å². The van der Waals surface area contributed by atoms with Gasteiger partial charge >= 0.3 is 0 Å². The van der Waals surface area contributed by atoms with Gasteiger partial charge in [-0.15, -0.1) is 0 Å². The van der Waals surface area contributed by atoms with Gasteiger partial charge in [0.05, 0.1) is 23.4 Å². The summed E-state index contributed by atoms with van der Waals surface area (Å²) in [7, 11) is 0. The van der Waals surface area contributed by atoms with Crippen LogP contribution in [0.15, 0.2) is 30.3 Å². The fourth-order valence-electron chi connectivity index (χ4n) is 2.32. The number of primary amides is 1. The van der Waals surface area contributed by atoms with E-state index < -0.39 is 5.91 Å². The van der Waals surface area contributed by atoms with Crippen molar-refractivity contribution >= 4 is 16.8 Å². The summed E-state index contributed by atoms with van der Waals surface area (Å²) in [6, 6.07) is 9.23. The molecule has 0 spiro atoms. The van der Waals surface area contributed by atoms with E-state index in [1.54, 1.807) is 6.07 Å². The fourth-order valence-corrected chi connectivity index (χ4v) is 2.32. The van der Waals surface area contributed by atoms with Gasteiger partial charge in [0.1, 0.15) is 6.10 Å². The Hall–Kier alpha value is -1.98. The lowest BCUT2D eigenvalue weighted by molar-refractivity contribution is 0.0252. The summed E-state index contributed by atoms with van der Waals surface area (Å²) in [5.41, 5.74) is 7.47. The Morgan fingerprint density at radius 1 is 1.42 bits per heavy atom. The van der Waals surface area contributed by atoms with Crippen LogP contribution in [0.5, 0.6) is 0 Å². The highest BCUT2D eigenvalue weighted by Gasteiger charge is 2.20. The van der Waals surface area contributed by atoms with Crippen LogP contribution >= 0.6 is 0 Å². The zero-order valence-corrected chi connectivity index (χ0v) is 10.4. The number of pyridine rings is 1. The number of carbonyl (C=O) groups is 1. The molecule has 0 saturated carbocycles. The molecule has 0 aliphatic carbocycles. The van der Waals surface area contributed by atoms with Gasteiger partial charge in [0.2, 0.25) is 5.91 Å². The van der Waals surface area contributed by atoms with Crippen molar-refractivity contribution in [2.45, 2.75) is 6.10 Å². The van der Waals surface area contributed by atoms with Crippen molar-refractivity contribution in [2.75, 3.05) is 19.7 Å². The van der Waals surface area contributed by atoms with Crippen molar-refractivity contribution in [1.29, 1.82) is 0 Å². The lowest BCUT2D eigenvalue weighted by Gasteiger charge is -2.23. The second-order valence-corrected chi connectivity index (χ2v) is 4.54. The molecule has 1 aliphatic rings. The summed E-state index contributed by atoms with van der Waals surface area (Å²) >= 11 is 0. The lowest BCUT2D eigenvalue weighted by atomic mass is 10.0. The summed E-state index contributed by atoms with van der Waals surface area (Å²) < 4.78 is 5.67. The van der Waals surface area contributed by atoms with Crippen molar-refractivity contribution < 1.29 is 9.53 Å². The summed E-state index contributed by atoms with van der Waals surface area (Å²) in [6.45, 7) is 2.18. The molecule has 1 aromatic heterocycles. The maximum atomic E-state index is 11.6. The number of aromatic nitrogens is 1. The highest BCUT2D eigenvalue weighted by atomic mass is 16.5. The van der Waals surface area contributed by atoms with Gasteiger partial charge in [-0.05, 0) is 12.1 Å². The average molecular weight is 257 g/mol. The first kappa shape index (κ1) is 12.1. The van der Waals surface area contributed by atoms with Crippen LogP contribution in [0.4, 0.5) is 0 Å². The van der Waals surface area contributed by atoms with Gasteiger partial charge in [0, 0.05) is 18.5 Å². The van der Waals surface area contributed by atoms with E-state index in [-0.39, 0.29) is 6.10 Å². The number of nitrogens with zero attached hydrogens (tertiary/aromatic N) is 1. The van der Waals surface area contributed by atoms with Crippen LogP contribution in [0.25, 0.3) is 10.9 Å². The van der Waals surface area contributed by atoms with Crippen molar-refractivity contribution in [3.8, 4) is 0 Å². The Kier molecular flexibility index (Phi) is 3.15. The number of hydrogen-bond donors (Lipinski definition) is 2. The number of ether oxygens (including phenoxy) is 1. The number of amides is 1. The number of carbonyl (C=O) groups excluding carboxylic acids is 1. The van der Waals surface area contributed by atoms with Crippen molar-refractivity contribution in [3.63, 3.8) is 0 Å². The predicted octanol–water partition coefficient (Wildman–Crippen LogP) is 0.995. The van der Waals surface area contributed by atoms with Crippen molar-refractivity contribution in [1.82, 2.24) is 10.3 Å². The van der Waals surface area contributed by atoms with E-state index in [1.807, 2.05) is 24.3 Å². The predicted molar refractivity (Wildman–Crippen MR) is 71.8 cm³/mol. The first-order valence-electron chi connectivity index (χ1n) is 6.27. The highest BCUT2D eigenvalue weighted by Crippen LogP contribution is 2.23. The Morgan fingerprint density at radius 2 is 2.26 bits per heavy atom. The van der Waals surface area contributed by atoms with Crippen LogP contribution < -0.4 is 11.1 Å². The number of nitrogens with two attached hydrogens (primary N) is 1. The Bertz CT molecular complexity index is 621. The molecule has 5 heteroatoms. The number of fused-ring (bicyclic) bond motifs is 1. The van der Waals surface area contributed by atoms with Gasteiger partial charge in [-0.2, -0.15) is 0 Å². The van der Waals surface area contributed by atoms with E-state index in [9.17, 15) is 4.79 Å². The Morgan fingerprint density at radius 3 is 3.00 bits per heavy atom. The van der Waals surface area contributed by atoms with E-state index >= 15 is 0 Å². The quantitative estimate of drug-likeness (QED) is 0.841. The minimum absolute atomic E-state index is 0.128. The van der Waals surface area contributed by atoms with Gasteiger partial charge in [-0.3, -0.25) is 4.79 Å². The first-order chi connectivity index (χ1) is 9.25. The van der Waals surface area contributed by atoms with Crippen molar-refractivity contribution in [3.05, 3.63) is 41.6 Å². The second kappa shape index (κ2) is 4.95. The molecule has 0 radical (unpaired) electrons. The van der Waals surface area contributed by atoms with Gasteiger partial charge in [0.15, 0.2) is 0 Å². The largest absolute Gasteiger partial charge is 0.369 e. The molecule has 0 bridgehead atoms. The molecule has 1 unspecified atom stereocenters. The molecule has 1 amide bonds. The van der Waals surface area contributed by atoms with E-state index in [0.29, 0.717) is 18.7 Å². The summed E-state index contributed by atoms with van der Waals surface area (Å²) in [5.74, 6) is -0.441.